The Labute approximate surface area is 323 Å². The lowest BCUT2D eigenvalue weighted by atomic mass is 9.77. The molecule has 1 aliphatic heterocycles. The predicted octanol–water partition coefficient (Wildman–Crippen LogP) is 2.85. The summed E-state index contributed by atoms with van der Waals surface area (Å²) in [5.74, 6) is -7.06. The van der Waals surface area contributed by atoms with Gasteiger partial charge in [0.1, 0.15) is 17.6 Å². The summed E-state index contributed by atoms with van der Waals surface area (Å²) in [7, 11) is 0. The quantitative estimate of drug-likeness (QED) is 0.107. The summed E-state index contributed by atoms with van der Waals surface area (Å²) in [6, 6.07) is 10.3. The monoisotopic (exact) mass is 788 g/mol. The summed E-state index contributed by atoms with van der Waals surface area (Å²) in [5.41, 5.74) is 2.84. The van der Waals surface area contributed by atoms with E-state index in [4.69, 9.17) is 17.0 Å². The fourth-order valence-electron chi connectivity index (χ4n) is 6.64. The minimum atomic E-state index is -1.33. The Morgan fingerprint density at radius 3 is 2.02 bits per heavy atom. The molecule has 0 radical (unpaired) electrons. The Kier molecular flexibility index (Phi) is 12.8. The van der Waals surface area contributed by atoms with Crippen LogP contribution in [0.25, 0.3) is 5.57 Å². The van der Waals surface area contributed by atoms with Gasteiger partial charge in [-0.25, -0.2) is 4.79 Å². The van der Waals surface area contributed by atoms with E-state index in [-0.39, 0.29) is 40.9 Å². The van der Waals surface area contributed by atoms with Crippen molar-refractivity contribution in [3.8, 4) is 0 Å². The van der Waals surface area contributed by atoms with Crippen LogP contribution in [0.3, 0.4) is 0 Å². The molecule has 0 aromatic heterocycles. The summed E-state index contributed by atoms with van der Waals surface area (Å²) in [6.45, 7) is -3.00. The van der Waals surface area contributed by atoms with Crippen LogP contribution >= 0.6 is 12.2 Å². The van der Waals surface area contributed by atoms with Crippen LogP contribution in [0.1, 0.15) is 21.5 Å². The average molecular weight is 789 g/mol. The van der Waals surface area contributed by atoms with E-state index in [1.807, 2.05) is 0 Å². The van der Waals surface area contributed by atoms with Crippen molar-refractivity contribution in [2.45, 2.75) is 18.6 Å². The number of hydrogen-bond donors (Lipinski definition) is 8. The maximum Gasteiger partial charge on any atom is 0.336 e. The van der Waals surface area contributed by atoms with Gasteiger partial charge in [0.05, 0.1) is 31.7 Å². The molecule has 0 fully saturated rings. The van der Waals surface area contributed by atoms with Crippen LogP contribution in [0.4, 0.5) is 11.4 Å². The van der Waals surface area contributed by atoms with Gasteiger partial charge in [0.2, 0.25) is 0 Å². The van der Waals surface area contributed by atoms with Gasteiger partial charge in [-0.05, 0) is 83.9 Å². The van der Waals surface area contributed by atoms with Crippen LogP contribution in [0, 0.1) is 5.92 Å². The van der Waals surface area contributed by atoms with Crippen molar-refractivity contribution in [2.24, 2.45) is 5.92 Å². The van der Waals surface area contributed by atoms with Gasteiger partial charge in [0.15, 0.2) is 10.9 Å². The predicted molar refractivity (Wildman–Crippen MR) is 203 cm³/mol. The molecule has 17 nitrogen and oxygen atoms in total. The maximum atomic E-state index is 12.6. The topological polar surface area (TPSA) is 264 Å². The van der Waals surface area contributed by atoms with Crippen LogP contribution in [0.15, 0.2) is 96.0 Å². The minimum absolute atomic E-state index is 0.0272. The zero-order valence-electron chi connectivity index (χ0n) is 29.3. The molecule has 3 unspecified atom stereocenters. The molecule has 292 valence electrons. The highest BCUT2D eigenvalue weighted by atomic mass is 32.1. The van der Waals surface area contributed by atoms with Crippen molar-refractivity contribution in [1.82, 2.24) is 9.80 Å². The molecule has 0 amide bonds. The number of aliphatic hydroxyl groups excluding tert-OH is 1. The van der Waals surface area contributed by atoms with Crippen LogP contribution < -0.4 is 10.6 Å². The number of aromatic carboxylic acids is 1. The van der Waals surface area contributed by atoms with Gasteiger partial charge in [0, 0.05) is 41.5 Å². The lowest BCUT2D eigenvalue weighted by molar-refractivity contribution is -0.146. The second kappa shape index (κ2) is 17.7. The molecule has 0 saturated heterocycles. The molecule has 2 aromatic rings. The van der Waals surface area contributed by atoms with Crippen molar-refractivity contribution in [2.75, 3.05) is 43.4 Å². The van der Waals surface area contributed by atoms with Crippen LogP contribution in [0.5, 0.6) is 0 Å². The van der Waals surface area contributed by atoms with Gasteiger partial charge < -0.3 is 46.0 Å². The zero-order chi connectivity index (χ0) is 40.7. The highest BCUT2D eigenvalue weighted by molar-refractivity contribution is 7.80. The molecule has 8 N–H and O–H groups in total. The number of carboxylic acids is 5. The highest BCUT2D eigenvalue weighted by Crippen LogP contribution is 2.45. The number of allylic oxidation sites excluding steroid dienone is 4. The van der Waals surface area contributed by atoms with Gasteiger partial charge in [-0.3, -0.25) is 33.8 Å². The van der Waals surface area contributed by atoms with E-state index < -0.39 is 74.1 Å². The number of carbonyl (C=O) groups is 6. The first-order valence-electron chi connectivity index (χ1n) is 16.9. The minimum Gasteiger partial charge on any atom is -0.508 e. The molecular weight excluding hydrogens is 752 g/mol. The van der Waals surface area contributed by atoms with Crippen LogP contribution in [-0.2, 0) is 35.1 Å². The molecule has 3 atom stereocenters. The lowest BCUT2D eigenvalue weighted by Gasteiger charge is -2.36. The van der Waals surface area contributed by atoms with Crippen molar-refractivity contribution in [3.63, 3.8) is 0 Å². The summed E-state index contributed by atoms with van der Waals surface area (Å²) in [4.78, 5) is 73.0. The standard InChI is InChI=1S/C38H36N4O13S/c43-24-6-9-27-30(13-24)55-31-14-25(44)7-10-28(31)36(27)26-8-5-22(12-29(26)37(53)54)40-38(56)39-21-3-1-20(2-4-21)11-23(42(18-34(49)50)19-35(51)52)15-41(16-32(45)46)17-33(47)48/h1-10,12-14,23,27,30,43H,11,15-19H2,(H,45,46)(H,47,48)(H,49,50)(H,51,52)(H,53,54)(H2,39,40,56). The molecule has 2 aliphatic carbocycles. The number of rotatable bonds is 17. The van der Waals surface area contributed by atoms with Crippen molar-refractivity contribution >= 4 is 69.9 Å². The Hall–Kier alpha value is -6.63. The maximum absolute atomic E-state index is 12.6. The Balaban J connectivity index is 1.33. The third-order valence-corrected chi connectivity index (χ3v) is 9.07. The number of carbonyl (C=O) groups excluding carboxylic acids is 1. The normalized spacial score (nSPS) is 17.6. The number of ether oxygens (including phenoxy) is 1. The number of aliphatic hydroxyl groups is 1. The van der Waals surface area contributed by atoms with E-state index in [0.29, 0.717) is 33.6 Å². The number of ketones is 1. The number of anilines is 2. The first-order valence-corrected chi connectivity index (χ1v) is 17.3. The molecule has 0 saturated carbocycles. The molecule has 3 aliphatic rings. The molecule has 1 heterocycles. The summed E-state index contributed by atoms with van der Waals surface area (Å²) >= 11 is 5.49. The average Bonchev–Trinajstić information content (AvgIpc) is 3.09. The van der Waals surface area contributed by atoms with Gasteiger partial charge in [-0.1, -0.05) is 24.3 Å². The fourth-order valence-corrected chi connectivity index (χ4v) is 6.88. The van der Waals surface area contributed by atoms with E-state index in [1.54, 1.807) is 48.6 Å². The molecule has 2 aromatic carbocycles. The number of thiocarbonyl (C=S) groups is 1. The Morgan fingerprint density at radius 1 is 0.804 bits per heavy atom. The summed E-state index contributed by atoms with van der Waals surface area (Å²) in [6.07, 6.45) is 8.29. The number of nitrogens with zero attached hydrogens (tertiary/aromatic N) is 2. The molecular formula is C38H36N4O13S. The van der Waals surface area contributed by atoms with Crippen molar-refractivity contribution in [1.29, 1.82) is 0 Å². The third kappa shape index (κ3) is 10.5. The Morgan fingerprint density at radius 2 is 1.41 bits per heavy atom. The van der Waals surface area contributed by atoms with Crippen molar-refractivity contribution in [3.05, 3.63) is 113 Å². The molecule has 18 heteroatoms. The molecule has 5 rings (SSSR count). The van der Waals surface area contributed by atoms with Crippen LogP contribution in [-0.4, -0.2) is 126 Å². The summed E-state index contributed by atoms with van der Waals surface area (Å²) < 4.78 is 6.00. The van der Waals surface area contributed by atoms with Crippen molar-refractivity contribution < 1.29 is 64.1 Å². The zero-order valence-corrected chi connectivity index (χ0v) is 30.1. The van der Waals surface area contributed by atoms with E-state index in [0.717, 1.165) is 9.80 Å². The fraction of sp³-hybridized carbons (Fsp3) is 0.237. The largest absolute Gasteiger partial charge is 0.508 e. The lowest BCUT2D eigenvalue weighted by Crippen LogP contribution is -2.50. The van der Waals surface area contributed by atoms with E-state index >= 15 is 0 Å². The van der Waals surface area contributed by atoms with Gasteiger partial charge in [-0.15, -0.1) is 0 Å². The van der Waals surface area contributed by atoms with Gasteiger partial charge >= 0.3 is 29.8 Å². The number of aliphatic carboxylic acids is 4. The number of benzene rings is 2. The number of nitrogens with one attached hydrogen (secondary N) is 2. The van der Waals surface area contributed by atoms with E-state index in [1.165, 1.54) is 30.4 Å². The summed E-state index contributed by atoms with van der Waals surface area (Å²) in [5, 5.41) is 64.0. The Bertz CT molecular complexity index is 2090. The highest BCUT2D eigenvalue weighted by Gasteiger charge is 2.37. The first-order chi connectivity index (χ1) is 26.6. The smallest absolute Gasteiger partial charge is 0.336 e. The van der Waals surface area contributed by atoms with Gasteiger partial charge in [-0.2, -0.15) is 0 Å². The molecule has 0 bridgehead atoms. The SMILES string of the molecule is O=C1C=CC2=C(c3ccc(NC(=S)Nc4ccc(CC(CN(CC(=O)O)CC(=O)O)N(CC(=O)O)CC(=O)O)cc4)cc3C(=O)O)C3C=CC(O)=CC3OC2=C1. The number of fused-ring (bicyclic) bond motifs is 2. The molecule has 0 spiro atoms. The first kappa shape index (κ1) is 40.6. The second-order valence-electron chi connectivity index (χ2n) is 13.0. The number of hydrogen-bond acceptors (Lipinski definition) is 11. The van der Waals surface area contributed by atoms with E-state index in [9.17, 15) is 59.4 Å². The third-order valence-electron chi connectivity index (χ3n) is 8.86. The second-order valence-corrected chi connectivity index (χ2v) is 13.4. The number of carboxylic acid groups (broad SMARTS) is 5. The molecule has 56 heavy (non-hydrogen) atoms. The van der Waals surface area contributed by atoms with Crippen LogP contribution in [0.2, 0.25) is 0 Å². The van der Waals surface area contributed by atoms with E-state index in [2.05, 4.69) is 10.6 Å². The van der Waals surface area contributed by atoms with Gasteiger partial charge in [0.25, 0.3) is 0 Å².